The van der Waals surface area contributed by atoms with E-state index >= 15 is 0 Å². The smallest absolute Gasteiger partial charge is 0.244 e. The van der Waals surface area contributed by atoms with Gasteiger partial charge in [-0.25, -0.2) is 0 Å². The molecule has 0 heterocycles. The minimum absolute atomic E-state index is 0.0169. The topological polar surface area (TPSA) is 29.1 Å². The van der Waals surface area contributed by atoms with E-state index in [9.17, 15) is 4.79 Å². The number of carbonyl (C=O) groups excluding carboxylic acids is 1. The van der Waals surface area contributed by atoms with Crippen LogP contribution in [-0.4, -0.2) is 5.91 Å². The van der Waals surface area contributed by atoms with Crippen molar-refractivity contribution in [3.05, 3.63) is 83.4 Å². The lowest BCUT2D eigenvalue weighted by atomic mass is 9.99. The number of benzene rings is 2. The molecule has 1 N–H and O–H groups in total. The molecule has 2 aromatic rings. The molecule has 0 aliphatic carbocycles. The Hall–Kier alpha value is -2.35. The second-order valence-electron chi connectivity index (χ2n) is 5.38. The summed E-state index contributed by atoms with van der Waals surface area (Å²) in [6.07, 6.45) is 2.42. The van der Waals surface area contributed by atoms with E-state index in [1.807, 2.05) is 50.2 Å². The first-order chi connectivity index (χ1) is 10.1. The number of allylic oxidation sites excluding steroid dienone is 1. The van der Waals surface area contributed by atoms with Crippen molar-refractivity contribution in [1.29, 1.82) is 0 Å². The van der Waals surface area contributed by atoms with Gasteiger partial charge in [0, 0.05) is 6.08 Å². The lowest BCUT2D eigenvalue weighted by Gasteiger charge is -2.19. The average molecular weight is 279 g/mol. The molecule has 0 spiro atoms. The summed E-state index contributed by atoms with van der Waals surface area (Å²) in [5.74, 6) is -0.0419. The molecule has 21 heavy (non-hydrogen) atoms. The van der Waals surface area contributed by atoms with Gasteiger partial charge >= 0.3 is 0 Å². The van der Waals surface area contributed by atoms with E-state index in [0.29, 0.717) is 0 Å². The second-order valence-corrected chi connectivity index (χ2v) is 5.38. The fourth-order valence-electron chi connectivity index (χ4n) is 2.26. The predicted octanol–water partition coefficient (Wildman–Crippen LogP) is 4.05. The fourth-order valence-corrected chi connectivity index (χ4v) is 2.26. The van der Waals surface area contributed by atoms with Crippen molar-refractivity contribution < 1.29 is 4.79 Å². The first-order valence-corrected chi connectivity index (χ1v) is 7.19. The third-order valence-corrected chi connectivity index (χ3v) is 3.22. The largest absolute Gasteiger partial charge is 0.345 e. The Kier molecular flexibility index (Phi) is 5.33. The first-order valence-electron chi connectivity index (χ1n) is 7.19. The Morgan fingerprint density at radius 2 is 1.57 bits per heavy atom. The minimum atomic E-state index is -0.0419. The second kappa shape index (κ2) is 7.44. The zero-order valence-electron chi connectivity index (χ0n) is 12.5. The monoisotopic (exact) mass is 279 g/mol. The highest BCUT2D eigenvalue weighted by atomic mass is 16.1. The molecule has 0 aliphatic rings. The molecule has 0 saturated carbocycles. The summed E-state index contributed by atoms with van der Waals surface area (Å²) in [4.78, 5) is 12.0. The van der Waals surface area contributed by atoms with Crippen molar-refractivity contribution >= 4 is 5.91 Å². The van der Waals surface area contributed by atoms with Crippen molar-refractivity contribution in [1.82, 2.24) is 5.32 Å². The molecule has 2 rings (SSSR count). The summed E-state index contributed by atoms with van der Waals surface area (Å²) in [5, 5.41) is 3.10. The summed E-state index contributed by atoms with van der Waals surface area (Å²) < 4.78 is 0. The Labute approximate surface area is 126 Å². The molecule has 0 aliphatic heterocycles. The highest BCUT2D eigenvalue weighted by molar-refractivity contribution is 5.88. The molecular formula is C19H21NO. The summed E-state index contributed by atoms with van der Waals surface area (Å²) in [7, 11) is 0. The number of rotatable bonds is 5. The molecule has 2 aromatic carbocycles. The Balaban J connectivity index is 2.19. The first kappa shape index (κ1) is 15.0. The van der Waals surface area contributed by atoms with E-state index in [-0.39, 0.29) is 11.9 Å². The normalized spacial score (nSPS) is 11.5. The molecule has 108 valence electrons. The van der Waals surface area contributed by atoms with Gasteiger partial charge in [0.2, 0.25) is 5.91 Å². The summed E-state index contributed by atoms with van der Waals surface area (Å²) in [6, 6.07) is 20.3. The lowest BCUT2D eigenvalue weighted by molar-refractivity contribution is -0.117. The molecule has 0 fully saturated rings. The van der Waals surface area contributed by atoms with Gasteiger partial charge in [-0.15, -0.1) is 0 Å². The van der Waals surface area contributed by atoms with Crippen LogP contribution in [0.25, 0.3) is 0 Å². The van der Waals surface area contributed by atoms with Crippen LogP contribution in [0.5, 0.6) is 0 Å². The number of amides is 1. The van der Waals surface area contributed by atoms with Gasteiger partial charge in [-0.3, -0.25) is 4.79 Å². The number of hydrogen-bond donors (Lipinski definition) is 1. The number of carbonyl (C=O) groups is 1. The van der Waals surface area contributed by atoms with Crippen LogP contribution in [-0.2, 0) is 11.2 Å². The maximum atomic E-state index is 12.0. The van der Waals surface area contributed by atoms with Crippen LogP contribution in [0.2, 0.25) is 0 Å². The standard InChI is InChI=1S/C19H21NO/c1-15(2)13-19(21)20-18(17-11-7-4-8-12-17)14-16-9-5-3-6-10-16/h3-13,18H,14H2,1-2H3,(H,20,21). The van der Waals surface area contributed by atoms with Gasteiger partial charge in [0.25, 0.3) is 0 Å². The molecule has 2 nitrogen and oxygen atoms in total. The Morgan fingerprint density at radius 1 is 1.00 bits per heavy atom. The van der Waals surface area contributed by atoms with Crippen LogP contribution in [0.15, 0.2) is 72.3 Å². The van der Waals surface area contributed by atoms with Crippen molar-refractivity contribution in [2.75, 3.05) is 0 Å². The fraction of sp³-hybridized carbons (Fsp3) is 0.211. The van der Waals surface area contributed by atoms with E-state index in [2.05, 4.69) is 29.6 Å². The maximum Gasteiger partial charge on any atom is 0.244 e. The average Bonchev–Trinajstić information content (AvgIpc) is 2.48. The lowest BCUT2D eigenvalue weighted by Crippen LogP contribution is -2.28. The highest BCUT2D eigenvalue weighted by Crippen LogP contribution is 2.18. The summed E-state index contributed by atoms with van der Waals surface area (Å²) >= 11 is 0. The van der Waals surface area contributed by atoms with Crippen LogP contribution >= 0.6 is 0 Å². The molecular weight excluding hydrogens is 258 g/mol. The van der Waals surface area contributed by atoms with Crippen LogP contribution in [0.4, 0.5) is 0 Å². The van der Waals surface area contributed by atoms with Gasteiger partial charge in [0.15, 0.2) is 0 Å². The van der Waals surface area contributed by atoms with Gasteiger partial charge in [0.1, 0.15) is 0 Å². The van der Waals surface area contributed by atoms with Crippen LogP contribution in [0.1, 0.15) is 31.0 Å². The van der Waals surface area contributed by atoms with Crippen molar-refractivity contribution in [2.24, 2.45) is 0 Å². The third kappa shape index (κ3) is 4.92. The molecule has 1 unspecified atom stereocenters. The van der Waals surface area contributed by atoms with Gasteiger partial charge in [-0.05, 0) is 31.4 Å². The quantitative estimate of drug-likeness (QED) is 0.822. The van der Waals surface area contributed by atoms with Crippen molar-refractivity contribution in [2.45, 2.75) is 26.3 Å². The third-order valence-electron chi connectivity index (χ3n) is 3.22. The SMILES string of the molecule is CC(C)=CC(=O)NC(Cc1ccccc1)c1ccccc1. The van der Waals surface area contributed by atoms with E-state index in [0.717, 1.165) is 17.6 Å². The zero-order valence-corrected chi connectivity index (χ0v) is 12.5. The van der Waals surface area contributed by atoms with E-state index in [4.69, 9.17) is 0 Å². The van der Waals surface area contributed by atoms with E-state index in [1.54, 1.807) is 6.08 Å². The molecule has 0 saturated heterocycles. The molecule has 0 radical (unpaired) electrons. The van der Waals surface area contributed by atoms with E-state index < -0.39 is 0 Å². The molecule has 1 atom stereocenters. The van der Waals surface area contributed by atoms with Crippen LogP contribution in [0, 0.1) is 0 Å². The zero-order chi connectivity index (χ0) is 15.1. The van der Waals surface area contributed by atoms with Crippen molar-refractivity contribution in [3.63, 3.8) is 0 Å². The van der Waals surface area contributed by atoms with Crippen LogP contribution < -0.4 is 5.32 Å². The van der Waals surface area contributed by atoms with Gasteiger partial charge in [-0.2, -0.15) is 0 Å². The van der Waals surface area contributed by atoms with Gasteiger partial charge < -0.3 is 5.32 Å². The van der Waals surface area contributed by atoms with Crippen molar-refractivity contribution in [3.8, 4) is 0 Å². The molecule has 0 bridgehead atoms. The predicted molar refractivity (Wildman–Crippen MR) is 86.9 cm³/mol. The Bertz CT molecular complexity index is 598. The molecule has 1 amide bonds. The van der Waals surface area contributed by atoms with Gasteiger partial charge in [-0.1, -0.05) is 66.2 Å². The van der Waals surface area contributed by atoms with E-state index in [1.165, 1.54) is 5.56 Å². The maximum absolute atomic E-state index is 12.0. The number of hydrogen-bond acceptors (Lipinski definition) is 1. The van der Waals surface area contributed by atoms with Gasteiger partial charge in [0.05, 0.1) is 6.04 Å². The molecule has 2 heteroatoms. The van der Waals surface area contributed by atoms with Crippen LogP contribution in [0.3, 0.4) is 0 Å². The Morgan fingerprint density at radius 3 is 2.14 bits per heavy atom. The number of nitrogens with one attached hydrogen (secondary N) is 1. The summed E-state index contributed by atoms with van der Waals surface area (Å²) in [6.45, 7) is 3.85. The minimum Gasteiger partial charge on any atom is -0.345 e. The molecule has 0 aromatic heterocycles. The summed E-state index contributed by atoms with van der Waals surface area (Å²) in [5.41, 5.74) is 3.33. The highest BCUT2D eigenvalue weighted by Gasteiger charge is 2.13.